The minimum absolute atomic E-state index is 0.517. The predicted octanol–water partition coefficient (Wildman–Crippen LogP) is 1.61. The molecule has 0 aromatic carbocycles. The van der Waals surface area contributed by atoms with Crippen LogP contribution < -0.4 is 5.32 Å². The number of halogens is 8. The molecule has 3 nitrogen and oxygen atoms in total. The smallest absolute Gasteiger partial charge is 0.368 e. The normalized spacial score (nSPS) is 15.7. The Morgan fingerprint density at radius 2 is 1.44 bits per heavy atom. The van der Waals surface area contributed by atoms with Crippen LogP contribution in [0.5, 0.6) is 0 Å². The van der Waals surface area contributed by atoms with E-state index in [1.165, 1.54) is 0 Å². The fourth-order valence-electron chi connectivity index (χ4n) is 0.814. The molecule has 0 aliphatic heterocycles. The molecule has 11 heteroatoms. The van der Waals surface area contributed by atoms with E-state index in [1.807, 2.05) is 0 Å². The van der Waals surface area contributed by atoms with Crippen molar-refractivity contribution in [2.45, 2.75) is 37.3 Å². The first-order chi connectivity index (χ1) is 7.78. The van der Waals surface area contributed by atoms with Crippen LogP contribution >= 0.6 is 0 Å². The summed E-state index contributed by atoms with van der Waals surface area (Å²) in [4.78, 5) is 10.2. The summed E-state index contributed by atoms with van der Waals surface area (Å²) in [5.41, 5.74) is 0. The largest absolute Gasteiger partial charge is 0.382 e. The third-order valence-corrected chi connectivity index (χ3v) is 1.79. The summed E-state index contributed by atoms with van der Waals surface area (Å²) in [5.74, 6) is -20.4. The summed E-state index contributed by atoms with van der Waals surface area (Å²) in [5, 5.41) is 9.30. The maximum atomic E-state index is 12.8. The molecule has 0 saturated carbocycles. The number of hydrogen-bond donors (Lipinski definition) is 2. The first kappa shape index (κ1) is 16.9. The van der Waals surface area contributed by atoms with E-state index in [9.17, 15) is 39.9 Å². The molecule has 0 fully saturated rings. The first-order valence-electron chi connectivity index (χ1n) is 4.15. The fourth-order valence-corrected chi connectivity index (χ4v) is 0.814. The Labute approximate surface area is 94.8 Å². The van der Waals surface area contributed by atoms with Crippen molar-refractivity contribution >= 4 is 5.91 Å². The summed E-state index contributed by atoms with van der Waals surface area (Å²) in [6.07, 6.45) is -8.82. The molecule has 0 radical (unpaired) electrons. The first-order valence-corrected chi connectivity index (χ1v) is 4.15. The minimum atomic E-state index is -6.56. The van der Waals surface area contributed by atoms with Crippen molar-refractivity contribution in [1.82, 2.24) is 5.32 Å². The summed E-state index contributed by atoms with van der Waals surface area (Å²) in [6.45, 7) is 0.517. The van der Waals surface area contributed by atoms with Gasteiger partial charge in [-0.25, -0.2) is 8.78 Å². The molecule has 0 saturated heterocycles. The highest BCUT2D eigenvalue weighted by Crippen LogP contribution is 2.49. The van der Waals surface area contributed by atoms with Crippen molar-refractivity contribution in [3.63, 3.8) is 0 Å². The molecule has 108 valence electrons. The van der Waals surface area contributed by atoms with Crippen LogP contribution in [0.1, 0.15) is 6.92 Å². The Morgan fingerprint density at radius 3 is 1.72 bits per heavy atom. The lowest BCUT2D eigenvalue weighted by Gasteiger charge is -2.34. The molecule has 0 heterocycles. The van der Waals surface area contributed by atoms with Crippen LogP contribution in [0.15, 0.2) is 0 Å². The quantitative estimate of drug-likeness (QED) is 0.597. The van der Waals surface area contributed by atoms with E-state index >= 15 is 0 Å². The number of hydrogen-bond acceptors (Lipinski definition) is 2. The van der Waals surface area contributed by atoms with Crippen molar-refractivity contribution in [1.29, 1.82) is 0 Å². The number of amides is 1. The van der Waals surface area contributed by atoms with Gasteiger partial charge in [0.15, 0.2) is 6.23 Å². The van der Waals surface area contributed by atoms with E-state index in [2.05, 4.69) is 0 Å². The van der Waals surface area contributed by atoms with E-state index in [0.29, 0.717) is 6.92 Å². The Bertz CT molecular complexity index is 319. The molecule has 0 aliphatic rings. The lowest BCUT2D eigenvalue weighted by molar-refractivity contribution is -0.357. The molecule has 0 spiro atoms. The van der Waals surface area contributed by atoms with Gasteiger partial charge in [-0.15, -0.1) is 0 Å². The molecule has 0 aromatic rings. The van der Waals surface area contributed by atoms with Crippen LogP contribution in [0.2, 0.25) is 0 Å². The van der Waals surface area contributed by atoms with Gasteiger partial charge in [-0.05, 0) is 0 Å². The van der Waals surface area contributed by atoms with Crippen LogP contribution in [-0.2, 0) is 4.79 Å². The van der Waals surface area contributed by atoms with Gasteiger partial charge in [-0.3, -0.25) is 4.79 Å². The molecule has 0 aromatic heterocycles. The van der Waals surface area contributed by atoms with Crippen molar-refractivity contribution in [2.24, 2.45) is 0 Å². The van der Waals surface area contributed by atoms with Crippen molar-refractivity contribution < 1.29 is 45.0 Å². The van der Waals surface area contributed by atoms with E-state index in [1.54, 1.807) is 0 Å². The minimum Gasteiger partial charge on any atom is -0.368 e. The van der Waals surface area contributed by atoms with Crippen molar-refractivity contribution in [3.05, 3.63) is 0 Å². The third-order valence-electron chi connectivity index (χ3n) is 1.79. The van der Waals surface area contributed by atoms with Gasteiger partial charge in [0, 0.05) is 6.92 Å². The topological polar surface area (TPSA) is 49.3 Å². The highest BCUT2D eigenvalue weighted by atomic mass is 19.4. The number of alkyl halides is 8. The van der Waals surface area contributed by atoms with E-state index in [0.717, 1.165) is 5.32 Å². The van der Waals surface area contributed by atoms with Crippen LogP contribution in [0.25, 0.3) is 0 Å². The molecule has 18 heavy (non-hydrogen) atoms. The molecule has 1 unspecified atom stereocenters. The Morgan fingerprint density at radius 1 is 1.06 bits per heavy atom. The zero-order valence-corrected chi connectivity index (χ0v) is 8.53. The zero-order valence-electron chi connectivity index (χ0n) is 8.53. The maximum absolute atomic E-state index is 12.8. The van der Waals surface area contributed by atoms with Gasteiger partial charge in [0.25, 0.3) is 0 Å². The maximum Gasteiger partial charge on any atom is 0.382 e. The van der Waals surface area contributed by atoms with Gasteiger partial charge < -0.3 is 10.4 Å². The summed E-state index contributed by atoms with van der Waals surface area (Å²) >= 11 is 0. The number of aliphatic hydroxyl groups is 1. The summed E-state index contributed by atoms with van der Waals surface area (Å²) < 4.78 is 98.7. The van der Waals surface area contributed by atoms with E-state index in [-0.39, 0.29) is 0 Å². The van der Waals surface area contributed by atoms with E-state index in [4.69, 9.17) is 5.11 Å². The second-order valence-electron chi connectivity index (χ2n) is 3.22. The number of nitrogens with one attached hydrogen (secondary N) is 1. The number of aliphatic hydroxyl groups excluding tert-OH is 1. The third kappa shape index (κ3) is 2.65. The number of carbonyl (C=O) groups excluding carboxylic acids is 1. The molecular weight excluding hydrogens is 282 g/mol. The molecule has 0 rings (SSSR count). The second-order valence-corrected chi connectivity index (χ2v) is 3.22. The monoisotopic (exact) mass is 289 g/mol. The lowest BCUT2D eigenvalue weighted by Crippen LogP contribution is -2.65. The van der Waals surface area contributed by atoms with Crippen LogP contribution in [0, 0.1) is 0 Å². The van der Waals surface area contributed by atoms with Crippen LogP contribution in [-0.4, -0.2) is 41.4 Å². The SMILES string of the molecule is CC(=O)NC(O)C(F)(F)C(F)(F)C(F)(F)C(F)F. The second kappa shape index (κ2) is 4.86. The highest BCUT2D eigenvalue weighted by molar-refractivity contribution is 5.73. The Balaban J connectivity index is 5.37. The molecule has 2 N–H and O–H groups in total. The van der Waals surface area contributed by atoms with Gasteiger partial charge in [0.05, 0.1) is 0 Å². The van der Waals surface area contributed by atoms with Crippen LogP contribution in [0.4, 0.5) is 35.1 Å². The van der Waals surface area contributed by atoms with Crippen molar-refractivity contribution in [3.8, 4) is 0 Å². The Hall–Kier alpha value is -1.13. The van der Waals surface area contributed by atoms with Crippen molar-refractivity contribution in [2.75, 3.05) is 0 Å². The van der Waals surface area contributed by atoms with Gasteiger partial charge in [-0.1, -0.05) is 0 Å². The molecule has 1 amide bonds. The number of rotatable bonds is 5. The highest BCUT2D eigenvalue weighted by Gasteiger charge is 2.77. The summed E-state index contributed by atoms with van der Waals surface area (Å²) in [6, 6.07) is 0. The van der Waals surface area contributed by atoms with Gasteiger partial charge in [0.1, 0.15) is 0 Å². The zero-order chi connectivity index (χ0) is 14.9. The van der Waals surface area contributed by atoms with E-state index < -0.39 is 36.3 Å². The van der Waals surface area contributed by atoms with Crippen LogP contribution in [0.3, 0.4) is 0 Å². The fraction of sp³-hybridized carbons (Fsp3) is 0.857. The molecular formula is C7H7F8NO2. The van der Waals surface area contributed by atoms with Gasteiger partial charge in [0.2, 0.25) is 5.91 Å². The average Bonchev–Trinajstić information content (AvgIpc) is 2.15. The molecule has 0 aliphatic carbocycles. The average molecular weight is 289 g/mol. The number of carbonyl (C=O) groups is 1. The molecule has 1 atom stereocenters. The van der Waals surface area contributed by atoms with Gasteiger partial charge in [-0.2, -0.15) is 26.3 Å². The summed E-state index contributed by atoms with van der Waals surface area (Å²) in [7, 11) is 0. The van der Waals surface area contributed by atoms with Gasteiger partial charge >= 0.3 is 24.2 Å². The lowest BCUT2D eigenvalue weighted by atomic mass is 10.0. The molecule has 0 bridgehead atoms. The standard InChI is InChI=1S/C7H7F8NO2/c1-2(17)16-4(18)6(12,13)7(14,15)5(10,11)3(8)9/h3-4,18H,1H3,(H,16,17). The Kier molecular flexibility index (Phi) is 4.56. The predicted molar refractivity (Wildman–Crippen MR) is 40.7 cm³/mol.